The maximum Gasteiger partial charge on any atom is 0.181 e. The molecule has 0 spiro atoms. The molecule has 2 radical (unpaired) electrons. The summed E-state index contributed by atoms with van der Waals surface area (Å²) in [4.78, 5) is 5.11. The van der Waals surface area contributed by atoms with E-state index < -0.39 is 0 Å². The van der Waals surface area contributed by atoms with Crippen molar-refractivity contribution in [1.82, 2.24) is 4.81 Å². The summed E-state index contributed by atoms with van der Waals surface area (Å²) in [5, 5.41) is 0. The van der Waals surface area contributed by atoms with Gasteiger partial charge in [0.2, 0.25) is 0 Å². The zero-order chi connectivity index (χ0) is 6.99. The SMILES string of the molecule is CB=NC.[B]N(C)C. The molecule has 44 valence electrons. The molecule has 0 bridgehead atoms. The summed E-state index contributed by atoms with van der Waals surface area (Å²) in [7, 11) is 12.0. The smallest absolute Gasteiger partial charge is 0.181 e. The van der Waals surface area contributed by atoms with Gasteiger partial charge >= 0.3 is 25.8 Å². The summed E-state index contributed by atoms with van der Waals surface area (Å²) in [6.45, 7) is 1.89. The average molecular weight is 110 g/mol. The maximum absolute atomic E-state index is 4.94. The molecule has 0 aliphatic carbocycles. The van der Waals surface area contributed by atoms with E-state index in [1.54, 1.807) is 28.2 Å². The molecular weight excluding hydrogens is 97.7 g/mol. The van der Waals surface area contributed by atoms with Crippen molar-refractivity contribution >= 4 is 15.1 Å². The van der Waals surface area contributed by atoms with Crippen LogP contribution in [0.25, 0.3) is 0 Å². The third kappa shape index (κ3) is 178. The molecule has 0 saturated carbocycles. The van der Waals surface area contributed by atoms with Crippen LogP contribution in [0.5, 0.6) is 0 Å². The fourth-order valence-electron chi connectivity index (χ4n) is 0. The van der Waals surface area contributed by atoms with Crippen molar-refractivity contribution in [3.8, 4) is 0 Å². The van der Waals surface area contributed by atoms with E-state index in [0.717, 1.165) is 0 Å². The zero-order valence-electron chi connectivity index (χ0n) is 6.05. The van der Waals surface area contributed by atoms with Crippen LogP contribution in [0.3, 0.4) is 0 Å². The molecule has 0 aromatic heterocycles. The van der Waals surface area contributed by atoms with Crippen molar-refractivity contribution in [3.63, 3.8) is 0 Å². The monoisotopic (exact) mass is 110 g/mol. The Hall–Kier alpha value is -0.110. The molecule has 0 N–H and O–H groups in total. The number of hydrogen-bond donors (Lipinski definition) is 0. The summed E-state index contributed by atoms with van der Waals surface area (Å²) in [6.07, 6.45) is 0. The van der Waals surface area contributed by atoms with Crippen LogP contribution in [0.2, 0.25) is 6.82 Å². The first-order chi connectivity index (χ1) is 3.65. The Labute approximate surface area is 53.7 Å². The second-order valence-electron chi connectivity index (χ2n) is 1.48. The number of hydrogen-bond acceptors (Lipinski definition) is 2. The van der Waals surface area contributed by atoms with Crippen molar-refractivity contribution in [2.75, 3.05) is 21.1 Å². The van der Waals surface area contributed by atoms with E-state index >= 15 is 0 Å². The van der Waals surface area contributed by atoms with Gasteiger partial charge in [0.25, 0.3) is 0 Å². The van der Waals surface area contributed by atoms with E-state index in [2.05, 4.69) is 4.90 Å². The molecule has 0 rings (SSSR count). The van der Waals surface area contributed by atoms with E-state index in [0.29, 0.717) is 0 Å². The van der Waals surface area contributed by atoms with E-state index in [4.69, 9.17) is 7.98 Å². The Bertz CT molecular complexity index is 47.2. The molecule has 0 amide bonds. The van der Waals surface area contributed by atoms with E-state index in [-0.39, 0.29) is 0 Å². The summed E-state index contributed by atoms with van der Waals surface area (Å²) >= 11 is 0. The molecule has 2 nitrogen and oxygen atoms in total. The quantitative estimate of drug-likeness (QED) is 0.406. The molecular formula is C4H12B2N2. The molecule has 4 heteroatoms. The minimum atomic E-state index is 1.50. The van der Waals surface area contributed by atoms with Gasteiger partial charge in [-0.05, 0) is 14.1 Å². The average Bonchev–Trinajstić information content (AvgIpc) is 1.65. The Kier molecular flexibility index (Phi) is 13.5. The van der Waals surface area contributed by atoms with Crippen molar-refractivity contribution in [1.29, 1.82) is 0 Å². The van der Waals surface area contributed by atoms with Crippen LogP contribution in [0.15, 0.2) is 4.90 Å². The third-order valence-corrected chi connectivity index (χ3v) is 0.258. The number of rotatable bonds is 0. The first-order valence-corrected chi connectivity index (χ1v) is 2.44. The number of nitrogens with zero attached hydrogens (tertiary/aromatic N) is 2. The largest absolute Gasteiger partial charge is 0.359 e. The van der Waals surface area contributed by atoms with Gasteiger partial charge in [0.05, 0.1) is 0 Å². The topological polar surface area (TPSA) is 15.6 Å². The third-order valence-electron chi connectivity index (χ3n) is 0.258. The molecule has 0 aliphatic heterocycles. The minimum Gasteiger partial charge on any atom is -0.359 e. The van der Waals surface area contributed by atoms with Crippen LogP contribution < -0.4 is 0 Å². The fourth-order valence-corrected chi connectivity index (χ4v) is 0. The Morgan fingerprint density at radius 3 is 1.62 bits per heavy atom. The normalized spacial score (nSPS) is 8.12. The van der Waals surface area contributed by atoms with Crippen LogP contribution in [-0.4, -0.2) is 41.0 Å². The summed E-state index contributed by atoms with van der Waals surface area (Å²) < 4.78 is 0. The van der Waals surface area contributed by atoms with Crippen molar-refractivity contribution in [3.05, 3.63) is 0 Å². The maximum atomic E-state index is 4.94. The Morgan fingerprint density at radius 1 is 1.50 bits per heavy atom. The van der Waals surface area contributed by atoms with E-state index in [1.165, 1.54) is 4.81 Å². The van der Waals surface area contributed by atoms with Gasteiger partial charge in [-0.15, -0.1) is 0 Å². The van der Waals surface area contributed by atoms with Gasteiger partial charge in [-0.3, -0.25) is 0 Å². The summed E-state index contributed by atoms with van der Waals surface area (Å²) in [5.74, 6) is 0. The zero-order valence-corrected chi connectivity index (χ0v) is 6.05. The first-order valence-electron chi connectivity index (χ1n) is 2.44. The van der Waals surface area contributed by atoms with Gasteiger partial charge in [0.1, 0.15) is 0 Å². The molecule has 0 heterocycles. The van der Waals surface area contributed by atoms with E-state index in [9.17, 15) is 0 Å². The van der Waals surface area contributed by atoms with Crippen LogP contribution in [-0.2, 0) is 0 Å². The first kappa shape index (κ1) is 10.8. The molecule has 0 unspecified atom stereocenters. The second kappa shape index (κ2) is 10.00. The van der Waals surface area contributed by atoms with Gasteiger partial charge in [-0.2, -0.15) is 0 Å². The van der Waals surface area contributed by atoms with Gasteiger partial charge < -0.3 is 4.81 Å². The molecule has 0 aromatic rings. The van der Waals surface area contributed by atoms with Gasteiger partial charge in [0.15, 0.2) is 7.98 Å². The summed E-state index contributed by atoms with van der Waals surface area (Å²) in [6, 6.07) is 0. The van der Waals surface area contributed by atoms with Crippen LogP contribution in [0, 0.1) is 0 Å². The van der Waals surface area contributed by atoms with Crippen LogP contribution in [0.1, 0.15) is 0 Å². The molecule has 0 aliphatic rings. The van der Waals surface area contributed by atoms with Crippen molar-refractivity contribution < 1.29 is 0 Å². The minimum absolute atomic E-state index is 1.50. The second-order valence-corrected chi connectivity index (χ2v) is 1.48. The predicted molar refractivity (Wildman–Crippen MR) is 39.4 cm³/mol. The summed E-state index contributed by atoms with van der Waals surface area (Å²) in [5.41, 5.74) is 0. The molecule has 8 heavy (non-hydrogen) atoms. The standard InChI is InChI=1S/2C2H6BN/c1-4(2)3;1-3-4-2/h2*1-2H3. The van der Waals surface area contributed by atoms with Gasteiger partial charge in [-0.1, -0.05) is 0 Å². The van der Waals surface area contributed by atoms with Crippen molar-refractivity contribution in [2.45, 2.75) is 6.82 Å². The van der Waals surface area contributed by atoms with Crippen LogP contribution in [0.4, 0.5) is 0 Å². The molecule has 0 atom stereocenters. The predicted octanol–water partition coefficient (Wildman–Crippen LogP) is 0.184. The molecule has 0 saturated heterocycles. The Morgan fingerprint density at radius 2 is 1.62 bits per heavy atom. The van der Waals surface area contributed by atoms with Crippen LogP contribution >= 0.6 is 0 Å². The van der Waals surface area contributed by atoms with Crippen molar-refractivity contribution in [2.24, 2.45) is 4.90 Å². The molecule has 0 fully saturated rings. The van der Waals surface area contributed by atoms with Gasteiger partial charge in [0, 0.05) is 0 Å². The van der Waals surface area contributed by atoms with Gasteiger partial charge in [-0.25, -0.2) is 0 Å². The van der Waals surface area contributed by atoms with E-state index in [1.807, 2.05) is 6.82 Å². The Balaban J connectivity index is 0. The fraction of sp³-hybridized carbons (Fsp3) is 1.00. The molecule has 0 aromatic carbocycles.